The summed E-state index contributed by atoms with van der Waals surface area (Å²) in [7, 11) is 0. The first kappa shape index (κ1) is 16.0. The molecule has 0 aliphatic carbocycles. The van der Waals surface area contributed by atoms with E-state index in [0.29, 0.717) is 18.9 Å². The Bertz CT molecular complexity index is 301. The summed E-state index contributed by atoms with van der Waals surface area (Å²) in [5.41, 5.74) is 0. The third kappa shape index (κ3) is 5.59. The van der Waals surface area contributed by atoms with Crippen molar-refractivity contribution >= 4 is 11.9 Å². The van der Waals surface area contributed by atoms with Crippen LogP contribution in [0.1, 0.15) is 46.0 Å². The monoisotopic (exact) mass is 270 g/mol. The number of carbonyl (C=O) groups is 2. The van der Waals surface area contributed by atoms with Gasteiger partial charge in [-0.1, -0.05) is 0 Å². The normalized spacial score (nSPS) is 18.0. The van der Waals surface area contributed by atoms with Crippen molar-refractivity contribution in [2.24, 2.45) is 5.92 Å². The molecule has 0 radical (unpaired) electrons. The summed E-state index contributed by atoms with van der Waals surface area (Å²) in [4.78, 5) is 24.6. The molecule has 2 N–H and O–H groups in total. The van der Waals surface area contributed by atoms with Crippen LogP contribution in [0, 0.1) is 5.92 Å². The minimum Gasteiger partial charge on any atom is -0.481 e. The Balaban J connectivity index is 2.37. The SMILES string of the molecule is CCN(C(=O)CCC1CCNCC1)C(C)CC(=O)O. The van der Waals surface area contributed by atoms with E-state index in [4.69, 9.17) is 5.11 Å². The van der Waals surface area contributed by atoms with Crippen LogP contribution in [0.5, 0.6) is 0 Å². The maximum atomic E-state index is 12.2. The molecule has 0 aromatic rings. The Labute approximate surface area is 115 Å². The second kappa shape index (κ2) is 8.15. The minimum absolute atomic E-state index is 0.0208. The zero-order chi connectivity index (χ0) is 14.3. The van der Waals surface area contributed by atoms with Gasteiger partial charge in [-0.25, -0.2) is 0 Å². The van der Waals surface area contributed by atoms with Crippen molar-refractivity contribution < 1.29 is 14.7 Å². The van der Waals surface area contributed by atoms with Gasteiger partial charge < -0.3 is 15.3 Å². The minimum atomic E-state index is -0.850. The van der Waals surface area contributed by atoms with Crippen LogP contribution in [0.25, 0.3) is 0 Å². The highest BCUT2D eigenvalue weighted by Crippen LogP contribution is 2.19. The van der Waals surface area contributed by atoms with Crippen LogP contribution < -0.4 is 5.32 Å². The summed E-state index contributed by atoms with van der Waals surface area (Å²) in [5.74, 6) is -0.120. The summed E-state index contributed by atoms with van der Waals surface area (Å²) < 4.78 is 0. The van der Waals surface area contributed by atoms with Gasteiger partial charge in [0.1, 0.15) is 0 Å². The Morgan fingerprint density at radius 1 is 1.37 bits per heavy atom. The molecule has 1 unspecified atom stereocenters. The fraction of sp³-hybridized carbons (Fsp3) is 0.857. The van der Waals surface area contributed by atoms with Gasteiger partial charge in [-0.15, -0.1) is 0 Å². The predicted molar refractivity (Wildman–Crippen MR) is 73.9 cm³/mol. The van der Waals surface area contributed by atoms with Crippen LogP contribution in [0.2, 0.25) is 0 Å². The molecule has 110 valence electrons. The van der Waals surface area contributed by atoms with E-state index in [9.17, 15) is 9.59 Å². The van der Waals surface area contributed by atoms with Crippen LogP contribution >= 0.6 is 0 Å². The quantitative estimate of drug-likeness (QED) is 0.735. The molecule has 1 amide bonds. The van der Waals surface area contributed by atoms with Gasteiger partial charge >= 0.3 is 5.97 Å². The number of amides is 1. The average Bonchev–Trinajstić information content (AvgIpc) is 2.37. The maximum absolute atomic E-state index is 12.2. The van der Waals surface area contributed by atoms with E-state index in [1.54, 1.807) is 11.8 Å². The fourth-order valence-electron chi connectivity index (χ4n) is 2.74. The number of nitrogens with zero attached hydrogens (tertiary/aromatic N) is 1. The first-order chi connectivity index (χ1) is 9.04. The van der Waals surface area contributed by atoms with E-state index >= 15 is 0 Å². The summed E-state index contributed by atoms with van der Waals surface area (Å²) in [5, 5.41) is 12.1. The van der Waals surface area contributed by atoms with Gasteiger partial charge in [-0.3, -0.25) is 9.59 Å². The Morgan fingerprint density at radius 2 is 2.00 bits per heavy atom. The van der Waals surface area contributed by atoms with Crippen molar-refractivity contribution in [3.63, 3.8) is 0 Å². The van der Waals surface area contributed by atoms with Crippen LogP contribution in [0.3, 0.4) is 0 Å². The molecule has 0 aromatic heterocycles. The fourth-order valence-corrected chi connectivity index (χ4v) is 2.74. The summed E-state index contributed by atoms with van der Waals surface area (Å²) >= 11 is 0. The summed E-state index contributed by atoms with van der Waals surface area (Å²) in [6.07, 6.45) is 3.78. The molecular weight excluding hydrogens is 244 g/mol. The molecule has 0 saturated carbocycles. The molecule has 1 atom stereocenters. The zero-order valence-corrected chi connectivity index (χ0v) is 12.0. The van der Waals surface area contributed by atoms with E-state index in [1.807, 2.05) is 6.92 Å². The molecule has 5 nitrogen and oxygen atoms in total. The molecule has 1 aliphatic rings. The van der Waals surface area contributed by atoms with E-state index in [-0.39, 0.29) is 18.4 Å². The first-order valence-corrected chi connectivity index (χ1v) is 7.26. The zero-order valence-electron chi connectivity index (χ0n) is 12.0. The van der Waals surface area contributed by atoms with Gasteiger partial charge in [-0.05, 0) is 52.1 Å². The Kier molecular flexibility index (Phi) is 6.84. The van der Waals surface area contributed by atoms with Crippen LogP contribution in [0.15, 0.2) is 0 Å². The van der Waals surface area contributed by atoms with Crippen LogP contribution in [-0.4, -0.2) is 47.6 Å². The van der Waals surface area contributed by atoms with Crippen molar-refractivity contribution in [3.8, 4) is 0 Å². The van der Waals surface area contributed by atoms with Crippen LogP contribution in [0.4, 0.5) is 0 Å². The Hall–Kier alpha value is -1.10. The molecule has 0 aromatic carbocycles. The largest absolute Gasteiger partial charge is 0.481 e. The highest BCUT2D eigenvalue weighted by Gasteiger charge is 2.22. The standard InChI is InChI=1S/C14H26N2O3/c1-3-16(11(2)10-14(18)19)13(17)5-4-12-6-8-15-9-7-12/h11-12,15H,3-10H2,1-2H3,(H,18,19). The maximum Gasteiger partial charge on any atom is 0.305 e. The molecule has 5 heteroatoms. The van der Waals surface area contributed by atoms with E-state index in [1.165, 1.54) is 0 Å². The number of carboxylic acid groups (broad SMARTS) is 1. The van der Waals surface area contributed by atoms with E-state index < -0.39 is 5.97 Å². The number of carboxylic acids is 1. The molecule has 1 aliphatic heterocycles. The van der Waals surface area contributed by atoms with Gasteiger partial charge in [-0.2, -0.15) is 0 Å². The average molecular weight is 270 g/mol. The van der Waals surface area contributed by atoms with E-state index in [0.717, 1.165) is 32.4 Å². The van der Waals surface area contributed by atoms with Crippen molar-refractivity contribution in [3.05, 3.63) is 0 Å². The molecule has 1 rings (SSSR count). The van der Waals surface area contributed by atoms with Crippen molar-refractivity contribution in [1.29, 1.82) is 0 Å². The lowest BCUT2D eigenvalue weighted by atomic mass is 9.93. The first-order valence-electron chi connectivity index (χ1n) is 7.26. The molecular formula is C14H26N2O3. The second-order valence-corrected chi connectivity index (χ2v) is 5.36. The number of nitrogens with one attached hydrogen (secondary N) is 1. The van der Waals surface area contributed by atoms with Gasteiger partial charge in [0.05, 0.1) is 6.42 Å². The third-order valence-corrected chi connectivity index (χ3v) is 3.89. The van der Waals surface area contributed by atoms with Crippen LogP contribution in [-0.2, 0) is 9.59 Å². The van der Waals surface area contributed by atoms with Crippen molar-refractivity contribution in [2.45, 2.75) is 52.0 Å². The molecule has 1 saturated heterocycles. The molecule has 1 heterocycles. The van der Waals surface area contributed by atoms with Gasteiger partial charge in [0.2, 0.25) is 5.91 Å². The number of aliphatic carboxylic acids is 1. The highest BCUT2D eigenvalue weighted by atomic mass is 16.4. The number of hydrogen-bond donors (Lipinski definition) is 2. The predicted octanol–water partition coefficient (Wildman–Crippen LogP) is 1.48. The van der Waals surface area contributed by atoms with Gasteiger partial charge in [0.25, 0.3) is 0 Å². The number of carbonyl (C=O) groups excluding carboxylic acids is 1. The number of hydrogen-bond acceptors (Lipinski definition) is 3. The smallest absolute Gasteiger partial charge is 0.305 e. The second-order valence-electron chi connectivity index (χ2n) is 5.36. The van der Waals surface area contributed by atoms with Crippen molar-refractivity contribution in [1.82, 2.24) is 10.2 Å². The van der Waals surface area contributed by atoms with Crippen molar-refractivity contribution in [2.75, 3.05) is 19.6 Å². The third-order valence-electron chi connectivity index (χ3n) is 3.89. The van der Waals surface area contributed by atoms with E-state index in [2.05, 4.69) is 5.32 Å². The lowest BCUT2D eigenvalue weighted by Crippen LogP contribution is -2.40. The topological polar surface area (TPSA) is 69.6 Å². The van der Waals surface area contributed by atoms with Gasteiger partial charge in [0.15, 0.2) is 0 Å². The number of rotatable bonds is 7. The lowest BCUT2D eigenvalue weighted by molar-refractivity contribution is -0.140. The Morgan fingerprint density at radius 3 is 2.53 bits per heavy atom. The van der Waals surface area contributed by atoms with Gasteiger partial charge in [0, 0.05) is 19.0 Å². The number of piperidine rings is 1. The molecule has 0 bridgehead atoms. The highest BCUT2D eigenvalue weighted by molar-refractivity contribution is 5.77. The summed E-state index contributed by atoms with van der Waals surface area (Å²) in [6.45, 7) is 6.39. The molecule has 1 fully saturated rings. The molecule has 0 spiro atoms. The molecule has 19 heavy (non-hydrogen) atoms. The summed E-state index contributed by atoms with van der Waals surface area (Å²) in [6, 6.07) is -0.219. The lowest BCUT2D eigenvalue weighted by Gasteiger charge is -2.28.